The fourth-order valence-electron chi connectivity index (χ4n) is 1.24. The molecule has 0 radical (unpaired) electrons. The number of H-pyrrole nitrogens is 2. The van der Waals surface area contributed by atoms with E-state index in [1.54, 1.807) is 0 Å². The lowest BCUT2D eigenvalue weighted by molar-refractivity contribution is 0.0918. The van der Waals surface area contributed by atoms with E-state index in [0.717, 1.165) is 6.07 Å². The van der Waals surface area contributed by atoms with Crippen molar-refractivity contribution in [2.24, 2.45) is 0 Å². The summed E-state index contributed by atoms with van der Waals surface area (Å²) in [5.41, 5.74) is -1.29. The standard InChI is InChI=1S/C8H10N4O3/c13-6-1-5(11-8(15)12-6)7(14)10-4-2-9-3-4/h1,4,9H,2-3H2,(H,10,14)(H2,11,12,13,15). The van der Waals surface area contributed by atoms with Gasteiger partial charge in [-0.15, -0.1) is 0 Å². The molecule has 0 aromatic carbocycles. The number of aromatic amines is 2. The monoisotopic (exact) mass is 210 g/mol. The lowest BCUT2D eigenvalue weighted by Gasteiger charge is -2.27. The van der Waals surface area contributed by atoms with Gasteiger partial charge in [-0.1, -0.05) is 0 Å². The normalized spacial score (nSPS) is 15.7. The Hall–Kier alpha value is -1.89. The van der Waals surface area contributed by atoms with Crippen LogP contribution in [-0.2, 0) is 0 Å². The van der Waals surface area contributed by atoms with Crippen LogP contribution in [0.25, 0.3) is 0 Å². The van der Waals surface area contributed by atoms with Crippen LogP contribution in [0.3, 0.4) is 0 Å². The molecule has 1 fully saturated rings. The summed E-state index contributed by atoms with van der Waals surface area (Å²) in [5.74, 6) is -0.440. The Bertz CT molecular complexity index is 457. The van der Waals surface area contributed by atoms with Gasteiger partial charge in [0.25, 0.3) is 11.5 Å². The van der Waals surface area contributed by atoms with E-state index in [1.165, 1.54) is 0 Å². The molecule has 0 bridgehead atoms. The second kappa shape index (κ2) is 3.70. The highest BCUT2D eigenvalue weighted by Gasteiger charge is 2.19. The van der Waals surface area contributed by atoms with Crippen LogP contribution in [0.4, 0.5) is 0 Å². The number of amides is 1. The van der Waals surface area contributed by atoms with Gasteiger partial charge >= 0.3 is 5.69 Å². The third-order valence-corrected chi connectivity index (χ3v) is 2.12. The second-order valence-electron chi connectivity index (χ2n) is 3.33. The molecule has 0 atom stereocenters. The SMILES string of the molecule is O=C(NC1CNC1)c1cc(=O)[nH]c(=O)[nH]1. The van der Waals surface area contributed by atoms with E-state index in [2.05, 4.69) is 15.6 Å². The summed E-state index contributed by atoms with van der Waals surface area (Å²) in [6.45, 7) is 1.42. The largest absolute Gasteiger partial charge is 0.345 e. The molecule has 1 aliphatic heterocycles. The van der Waals surface area contributed by atoms with Crippen molar-refractivity contribution in [2.75, 3.05) is 13.1 Å². The van der Waals surface area contributed by atoms with Crippen LogP contribution in [0, 0.1) is 0 Å². The third kappa shape index (κ3) is 2.13. The smallest absolute Gasteiger partial charge is 0.326 e. The molecule has 80 valence electrons. The number of aromatic nitrogens is 2. The van der Waals surface area contributed by atoms with Crippen molar-refractivity contribution in [1.29, 1.82) is 0 Å². The molecular weight excluding hydrogens is 200 g/mol. The summed E-state index contributed by atoms with van der Waals surface area (Å²) in [7, 11) is 0. The van der Waals surface area contributed by atoms with Crippen LogP contribution in [-0.4, -0.2) is 35.0 Å². The maximum atomic E-state index is 11.5. The lowest BCUT2D eigenvalue weighted by atomic mass is 10.2. The van der Waals surface area contributed by atoms with E-state index in [0.29, 0.717) is 13.1 Å². The maximum Gasteiger partial charge on any atom is 0.326 e. The average molecular weight is 210 g/mol. The molecule has 15 heavy (non-hydrogen) atoms. The highest BCUT2D eigenvalue weighted by atomic mass is 16.2. The van der Waals surface area contributed by atoms with E-state index in [-0.39, 0.29) is 11.7 Å². The van der Waals surface area contributed by atoms with Crippen molar-refractivity contribution >= 4 is 5.91 Å². The molecule has 0 aliphatic carbocycles. The molecule has 1 aliphatic rings. The molecule has 0 unspecified atom stereocenters. The summed E-state index contributed by atoms with van der Waals surface area (Å²) < 4.78 is 0. The van der Waals surface area contributed by atoms with Crippen LogP contribution in [0.1, 0.15) is 10.5 Å². The zero-order valence-corrected chi connectivity index (χ0v) is 7.79. The van der Waals surface area contributed by atoms with Crippen molar-refractivity contribution < 1.29 is 4.79 Å². The minimum atomic E-state index is -0.681. The van der Waals surface area contributed by atoms with Gasteiger partial charge in [0.1, 0.15) is 5.69 Å². The molecular formula is C8H10N4O3. The first-order chi connectivity index (χ1) is 7.15. The molecule has 7 nitrogen and oxygen atoms in total. The topological polar surface area (TPSA) is 107 Å². The van der Waals surface area contributed by atoms with Gasteiger partial charge in [-0.2, -0.15) is 0 Å². The third-order valence-electron chi connectivity index (χ3n) is 2.12. The Labute approximate surface area is 83.9 Å². The van der Waals surface area contributed by atoms with Crippen LogP contribution >= 0.6 is 0 Å². The first kappa shape index (κ1) is 9.66. The molecule has 1 aromatic rings. The molecule has 7 heteroatoms. The zero-order chi connectivity index (χ0) is 10.8. The summed E-state index contributed by atoms with van der Waals surface area (Å²) >= 11 is 0. The van der Waals surface area contributed by atoms with Gasteiger partial charge in [-0.3, -0.25) is 14.6 Å². The van der Waals surface area contributed by atoms with Gasteiger partial charge in [-0.25, -0.2) is 4.79 Å². The summed E-state index contributed by atoms with van der Waals surface area (Å²) in [4.78, 5) is 37.5. The predicted octanol–water partition coefficient (Wildman–Crippen LogP) is -2.24. The molecule has 0 saturated carbocycles. The highest BCUT2D eigenvalue weighted by Crippen LogP contribution is 1.93. The van der Waals surface area contributed by atoms with E-state index in [1.807, 2.05) is 4.98 Å². The zero-order valence-electron chi connectivity index (χ0n) is 7.79. The minimum absolute atomic E-state index is 0.0179. The quantitative estimate of drug-likeness (QED) is 0.443. The van der Waals surface area contributed by atoms with E-state index in [4.69, 9.17) is 0 Å². The molecule has 1 saturated heterocycles. The van der Waals surface area contributed by atoms with Crippen molar-refractivity contribution in [3.05, 3.63) is 32.6 Å². The van der Waals surface area contributed by atoms with Crippen molar-refractivity contribution in [2.45, 2.75) is 6.04 Å². The highest BCUT2D eigenvalue weighted by molar-refractivity contribution is 5.92. The van der Waals surface area contributed by atoms with Gasteiger partial charge in [-0.05, 0) is 0 Å². The summed E-state index contributed by atoms with van der Waals surface area (Å²) in [5, 5.41) is 5.65. The number of rotatable bonds is 2. The van der Waals surface area contributed by atoms with Gasteiger partial charge in [0, 0.05) is 19.2 Å². The van der Waals surface area contributed by atoms with E-state index in [9.17, 15) is 14.4 Å². The molecule has 1 aromatic heterocycles. The number of carbonyl (C=O) groups excluding carboxylic acids is 1. The fraction of sp³-hybridized carbons (Fsp3) is 0.375. The Morgan fingerprint density at radius 1 is 1.33 bits per heavy atom. The Balaban J connectivity index is 2.17. The number of hydrogen-bond donors (Lipinski definition) is 4. The number of hydrogen-bond acceptors (Lipinski definition) is 4. The van der Waals surface area contributed by atoms with Gasteiger partial charge in [0.05, 0.1) is 6.04 Å². The van der Waals surface area contributed by atoms with Gasteiger partial charge < -0.3 is 15.6 Å². The van der Waals surface area contributed by atoms with Crippen molar-refractivity contribution in [3.63, 3.8) is 0 Å². The van der Waals surface area contributed by atoms with Crippen LogP contribution in [0.5, 0.6) is 0 Å². The minimum Gasteiger partial charge on any atom is -0.345 e. The fourth-order valence-corrected chi connectivity index (χ4v) is 1.24. The summed E-state index contributed by atoms with van der Waals surface area (Å²) in [6, 6.07) is 1.13. The van der Waals surface area contributed by atoms with Crippen LogP contribution in [0.15, 0.2) is 15.7 Å². The predicted molar refractivity (Wildman–Crippen MR) is 51.8 cm³/mol. The number of carbonyl (C=O) groups is 1. The summed E-state index contributed by atoms with van der Waals surface area (Å²) in [6.07, 6.45) is 0. The Morgan fingerprint density at radius 2 is 2.07 bits per heavy atom. The molecule has 1 amide bonds. The first-order valence-electron chi connectivity index (χ1n) is 4.50. The molecule has 0 spiro atoms. The van der Waals surface area contributed by atoms with Crippen LogP contribution in [0.2, 0.25) is 0 Å². The average Bonchev–Trinajstić information content (AvgIpc) is 2.09. The van der Waals surface area contributed by atoms with E-state index < -0.39 is 17.2 Å². The van der Waals surface area contributed by atoms with Crippen molar-refractivity contribution in [1.82, 2.24) is 20.6 Å². The van der Waals surface area contributed by atoms with Gasteiger partial charge in [0.2, 0.25) is 0 Å². The second-order valence-corrected chi connectivity index (χ2v) is 3.33. The van der Waals surface area contributed by atoms with E-state index >= 15 is 0 Å². The van der Waals surface area contributed by atoms with Crippen LogP contribution < -0.4 is 21.9 Å². The molecule has 2 rings (SSSR count). The van der Waals surface area contributed by atoms with Crippen molar-refractivity contribution in [3.8, 4) is 0 Å². The Kier molecular flexibility index (Phi) is 2.38. The number of nitrogens with one attached hydrogen (secondary N) is 4. The molecule has 4 N–H and O–H groups in total. The lowest BCUT2D eigenvalue weighted by Crippen LogP contribution is -2.57. The molecule has 2 heterocycles. The maximum absolute atomic E-state index is 11.5. The van der Waals surface area contributed by atoms with Gasteiger partial charge in [0.15, 0.2) is 0 Å². The Morgan fingerprint density at radius 3 is 2.60 bits per heavy atom. The first-order valence-corrected chi connectivity index (χ1v) is 4.50.